The van der Waals surface area contributed by atoms with Crippen molar-refractivity contribution in [3.8, 4) is 0 Å². The van der Waals surface area contributed by atoms with Crippen LogP contribution in [0.1, 0.15) is 28.9 Å². The molecule has 1 aliphatic carbocycles. The second-order valence-corrected chi connectivity index (χ2v) is 7.02. The van der Waals surface area contributed by atoms with Crippen molar-refractivity contribution >= 4 is 33.2 Å². The van der Waals surface area contributed by atoms with Gasteiger partial charge in [0.15, 0.2) is 0 Å². The van der Waals surface area contributed by atoms with E-state index in [1.54, 1.807) is 0 Å². The lowest BCUT2D eigenvalue weighted by atomic mass is 9.75. The number of likely N-dealkylation sites (tertiary alicyclic amines) is 1. The molecule has 2 unspecified atom stereocenters. The number of piperidine rings is 1. The Kier molecular flexibility index (Phi) is 3.47. The van der Waals surface area contributed by atoms with Gasteiger partial charge in [-0.1, -0.05) is 6.42 Å². The molecule has 1 amide bonds. The van der Waals surface area contributed by atoms with E-state index in [2.05, 4.69) is 15.9 Å². The van der Waals surface area contributed by atoms with Crippen molar-refractivity contribution in [3.63, 3.8) is 0 Å². The highest BCUT2D eigenvalue weighted by Crippen LogP contribution is 2.36. The number of rotatable bonds is 1. The first-order chi connectivity index (χ1) is 8.66. The molecular weight excluding hydrogens is 314 g/mol. The molecule has 2 aliphatic rings. The van der Waals surface area contributed by atoms with E-state index in [9.17, 15) is 9.90 Å². The summed E-state index contributed by atoms with van der Waals surface area (Å²) in [5, 5.41) is 12.1. The van der Waals surface area contributed by atoms with Gasteiger partial charge >= 0.3 is 0 Å². The van der Waals surface area contributed by atoms with Gasteiger partial charge < -0.3 is 10.0 Å². The van der Waals surface area contributed by atoms with Crippen molar-refractivity contribution in [1.29, 1.82) is 0 Å². The van der Waals surface area contributed by atoms with Crippen LogP contribution in [0, 0.1) is 11.8 Å². The van der Waals surface area contributed by atoms with Gasteiger partial charge in [-0.15, -0.1) is 11.3 Å². The maximum atomic E-state index is 12.4. The summed E-state index contributed by atoms with van der Waals surface area (Å²) in [4.78, 5) is 15.2. The molecule has 1 aliphatic heterocycles. The minimum Gasteiger partial charge on any atom is -0.392 e. The molecule has 1 aromatic rings. The molecule has 2 atom stereocenters. The summed E-state index contributed by atoms with van der Waals surface area (Å²) in [5.74, 6) is 0.668. The fourth-order valence-electron chi connectivity index (χ4n) is 3.16. The van der Waals surface area contributed by atoms with E-state index in [0.29, 0.717) is 13.1 Å². The number of aliphatic hydroxyl groups is 1. The molecule has 1 aromatic heterocycles. The molecule has 0 radical (unpaired) electrons. The van der Waals surface area contributed by atoms with E-state index in [-0.39, 0.29) is 23.8 Å². The van der Waals surface area contributed by atoms with Crippen LogP contribution in [0.5, 0.6) is 0 Å². The topological polar surface area (TPSA) is 40.5 Å². The molecule has 1 saturated heterocycles. The van der Waals surface area contributed by atoms with E-state index >= 15 is 0 Å². The zero-order valence-electron chi connectivity index (χ0n) is 10.0. The quantitative estimate of drug-likeness (QED) is 0.860. The monoisotopic (exact) mass is 329 g/mol. The van der Waals surface area contributed by atoms with Crippen LogP contribution < -0.4 is 0 Å². The Morgan fingerprint density at radius 1 is 1.39 bits per heavy atom. The first kappa shape index (κ1) is 12.6. The number of nitrogens with zero attached hydrogens (tertiary/aromatic N) is 1. The van der Waals surface area contributed by atoms with Gasteiger partial charge in [0.05, 0.1) is 6.10 Å². The first-order valence-electron chi connectivity index (χ1n) is 6.37. The van der Waals surface area contributed by atoms with Gasteiger partial charge in [-0.3, -0.25) is 4.79 Å². The fraction of sp³-hybridized carbons (Fsp3) is 0.615. The molecule has 18 heavy (non-hydrogen) atoms. The van der Waals surface area contributed by atoms with Crippen LogP contribution in [0.25, 0.3) is 0 Å². The van der Waals surface area contributed by atoms with Crippen molar-refractivity contribution in [2.75, 3.05) is 13.1 Å². The fourth-order valence-corrected chi connectivity index (χ4v) is 4.67. The largest absolute Gasteiger partial charge is 0.392 e. The van der Waals surface area contributed by atoms with Crippen LogP contribution >= 0.6 is 27.3 Å². The van der Waals surface area contributed by atoms with E-state index < -0.39 is 0 Å². The second kappa shape index (κ2) is 4.94. The number of halogens is 1. The predicted octanol–water partition coefficient (Wildman–Crippen LogP) is 2.74. The van der Waals surface area contributed by atoms with Gasteiger partial charge in [0.2, 0.25) is 0 Å². The number of carbonyl (C=O) groups is 1. The molecule has 2 heterocycles. The Balaban J connectivity index is 1.78. The minimum atomic E-state index is -0.199. The molecule has 1 saturated carbocycles. The second-order valence-electron chi connectivity index (χ2n) is 5.25. The van der Waals surface area contributed by atoms with Crippen molar-refractivity contribution in [2.24, 2.45) is 11.8 Å². The molecule has 1 N–H and O–H groups in total. The zero-order chi connectivity index (χ0) is 12.7. The Hall–Kier alpha value is -0.390. The van der Waals surface area contributed by atoms with Gasteiger partial charge in [-0.25, -0.2) is 0 Å². The van der Waals surface area contributed by atoms with Crippen molar-refractivity contribution < 1.29 is 9.90 Å². The van der Waals surface area contributed by atoms with Gasteiger partial charge in [0.1, 0.15) is 4.88 Å². The number of hydrogen-bond donors (Lipinski definition) is 1. The summed E-state index contributed by atoms with van der Waals surface area (Å²) in [6.45, 7) is 1.42. The maximum absolute atomic E-state index is 12.4. The Morgan fingerprint density at radius 3 is 2.61 bits per heavy atom. The highest BCUT2D eigenvalue weighted by Gasteiger charge is 2.40. The highest BCUT2D eigenvalue weighted by atomic mass is 79.9. The Bertz CT molecular complexity index is 448. The number of amides is 1. The molecular formula is C13H16BrNO2S. The highest BCUT2D eigenvalue weighted by molar-refractivity contribution is 9.10. The molecule has 0 spiro atoms. The summed E-state index contributed by atoms with van der Waals surface area (Å²) in [5.41, 5.74) is 0. The molecule has 98 valence electrons. The van der Waals surface area contributed by atoms with Crippen molar-refractivity contribution in [3.05, 3.63) is 20.8 Å². The van der Waals surface area contributed by atoms with Crippen LogP contribution in [0.15, 0.2) is 15.9 Å². The van der Waals surface area contributed by atoms with E-state index in [4.69, 9.17) is 0 Å². The number of aliphatic hydroxyl groups excluding tert-OH is 1. The number of hydrogen-bond acceptors (Lipinski definition) is 3. The van der Waals surface area contributed by atoms with Crippen LogP contribution in [-0.4, -0.2) is 35.1 Å². The lowest BCUT2D eigenvalue weighted by Gasteiger charge is -2.44. The molecule has 2 fully saturated rings. The SMILES string of the molecule is O=C(c1sccc1Br)N1CC2CCCC(C1)C2O. The van der Waals surface area contributed by atoms with Crippen LogP contribution in [0.4, 0.5) is 0 Å². The summed E-state index contributed by atoms with van der Waals surface area (Å²) in [6.07, 6.45) is 3.09. The van der Waals surface area contributed by atoms with E-state index in [1.165, 1.54) is 17.8 Å². The standard InChI is InChI=1S/C13H16BrNO2S/c14-10-4-5-18-12(10)13(17)15-6-8-2-1-3-9(7-15)11(8)16/h4-5,8-9,11,16H,1-3,6-7H2. The molecule has 3 rings (SSSR count). The zero-order valence-corrected chi connectivity index (χ0v) is 12.4. The molecule has 2 bridgehead atoms. The van der Waals surface area contributed by atoms with Crippen molar-refractivity contribution in [1.82, 2.24) is 4.90 Å². The third-order valence-electron chi connectivity index (χ3n) is 4.12. The van der Waals surface area contributed by atoms with Gasteiger partial charge in [-0.05, 0) is 40.2 Å². The number of thiophene rings is 1. The average Bonchev–Trinajstić information content (AvgIpc) is 2.74. The molecule has 0 aromatic carbocycles. The summed E-state index contributed by atoms with van der Waals surface area (Å²) in [7, 11) is 0. The van der Waals surface area contributed by atoms with Gasteiger partial charge in [0.25, 0.3) is 5.91 Å². The normalized spacial score (nSPS) is 31.4. The lowest BCUT2D eigenvalue weighted by molar-refractivity contribution is -0.0411. The van der Waals surface area contributed by atoms with Crippen molar-refractivity contribution in [2.45, 2.75) is 25.4 Å². The van der Waals surface area contributed by atoms with Gasteiger partial charge in [0, 0.05) is 29.4 Å². The molecule has 3 nitrogen and oxygen atoms in total. The van der Waals surface area contributed by atoms with Crippen LogP contribution in [-0.2, 0) is 0 Å². The summed E-state index contributed by atoms with van der Waals surface area (Å²) < 4.78 is 0.883. The lowest BCUT2D eigenvalue weighted by Crippen LogP contribution is -2.53. The average molecular weight is 330 g/mol. The number of fused-ring (bicyclic) bond motifs is 2. The van der Waals surface area contributed by atoms with Gasteiger partial charge in [-0.2, -0.15) is 0 Å². The Morgan fingerprint density at radius 2 is 2.06 bits per heavy atom. The predicted molar refractivity (Wildman–Crippen MR) is 74.8 cm³/mol. The summed E-state index contributed by atoms with van der Waals surface area (Å²) >= 11 is 4.90. The third kappa shape index (κ3) is 2.12. The van der Waals surface area contributed by atoms with E-state index in [1.807, 2.05) is 16.3 Å². The third-order valence-corrected chi connectivity index (χ3v) is 5.95. The maximum Gasteiger partial charge on any atom is 0.265 e. The number of carbonyl (C=O) groups excluding carboxylic acids is 1. The minimum absolute atomic E-state index is 0.112. The smallest absolute Gasteiger partial charge is 0.265 e. The van der Waals surface area contributed by atoms with Crippen LogP contribution in [0.3, 0.4) is 0 Å². The first-order valence-corrected chi connectivity index (χ1v) is 8.04. The van der Waals surface area contributed by atoms with Crippen LogP contribution in [0.2, 0.25) is 0 Å². The summed E-state index contributed by atoms with van der Waals surface area (Å²) in [6, 6.07) is 1.91. The Labute approximate surface area is 119 Å². The van der Waals surface area contributed by atoms with E-state index in [0.717, 1.165) is 22.2 Å². The molecule has 5 heteroatoms.